The van der Waals surface area contributed by atoms with Crippen molar-refractivity contribution in [3.8, 4) is 11.5 Å². The van der Waals surface area contributed by atoms with Crippen molar-refractivity contribution in [1.29, 1.82) is 0 Å². The number of ether oxygens (including phenoxy) is 2. The molecule has 4 fully saturated rings. The van der Waals surface area contributed by atoms with E-state index in [0.717, 1.165) is 23.6 Å². The van der Waals surface area contributed by atoms with Gasteiger partial charge in [0.2, 0.25) is 0 Å². The molecule has 0 radical (unpaired) electrons. The third-order valence-corrected chi connectivity index (χ3v) is 8.37. The predicted octanol–water partition coefficient (Wildman–Crippen LogP) is 7.42. The lowest BCUT2D eigenvalue weighted by Gasteiger charge is -2.65. The quantitative estimate of drug-likeness (QED) is 0.453. The summed E-state index contributed by atoms with van der Waals surface area (Å²) in [6.45, 7) is 6.20. The van der Waals surface area contributed by atoms with Gasteiger partial charge in [-0.05, 0) is 90.7 Å². The second kappa shape index (κ2) is 8.11. The molecule has 32 heavy (non-hydrogen) atoms. The van der Waals surface area contributed by atoms with Crippen molar-refractivity contribution in [3.63, 3.8) is 0 Å². The van der Waals surface area contributed by atoms with Gasteiger partial charge in [0, 0.05) is 17.1 Å². The van der Waals surface area contributed by atoms with Crippen LogP contribution >= 0.6 is 23.2 Å². The Morgan fingerprint density at radius 3 is 2.38 bits per heavy atom. The van der Waals surface area contributed by atoms with Gasteiger partial charge in [-0.1, -0.05) is 49.2 Å². The fraction of sp³-hybridized carbons (Fsp3) is 0.556. The summed E-state index contributed by atoms with van der Waals surface area (Å²) in [5.74, 6) is 2.11. The van der Waals surface area contributed by atoms with E-state index >= 15 is 0 Å². The SMILES string of the molecule is COc1cc(CNC23CC4C[C@@](C)(C2)C[C@](C)(C4)C3)cc(Cl)c1OCc1cccc(Cl)c1. The minimum absolute atomic E-state index is 0.254. The van der Waals surface area contributed by atoms with E-state index in [1.54, 1.807) is 7.11 Å². The molecule has 0 aromatic heterocycles. The van der Waals surface area contributed by atoms with Crippen LogP contribution < -0.4 is 14.8 Å². The molecule has 1 N–H and O–H groups in total. The van der Waals surface area contributed by atoms with Crippen molar-refractivity contribution >= 4 is 23.2 Å². The first-order chi connectivity index (χ1) is 15.2. The average Bonchev–Trinajstić information content (AvgIpc) is 2.68. The Bertz CT molecular complexity index is 1000. The van der Waals surface area contributed by atoms with Crippen LogP contribution in [0.4, 0.5) is 0 Å². The van der Waals surface area contributed by atoms with E-state index in [-0.39, 0.29) is 5.54 Å². The second-order valence-corrected chi connectivity index (χ2v) is 12.1. The van der Waals surface area contributed by atoms with Crippen LogP contribution in [0.25, 0.3) is 0 Å². The third-order valence-electron chi connectivity index (χ3n) is 7.86. The van der Waals surface area contributed by atoms with Crippen LogP contribution in [-0.4, -0.2) is 12.6 Å². The summed E-state index contributed by atoms with van der Waals surface area (Å²) < 4.78 is 11.7. The van der Waals surface area contributed by atoms with Gasteiger partial charge < -0.3 is 14.8 Å². The molecular formula is C27H33Cl2NO2. The maximum absolute atomic E-state index is 6.65. The summed E-state index contributed by atoms with van der Waals surface area (Å²) in [6.07, 6.45) is 8.09. The van der Waals surface area contributed by atoms with Gasteiger partial charge in [0.15, 0.2) is 11.5 Å². The Labute approximate surface area is 201 Å². The molecule has 0 spiro atoms. The Morgan fingerprint density at radius 1 is 0.969 bits per heavy atom. The molecule has 0 aliphatic heterocycles. The van der Waals surface area contributed by atoms with E-state index in [4.69, 9.17) is 32.7 Å². The molecule has 4 bridgehead atoms. The highest BCUT2D eigenvalue weighted by atomic mass is 35.5. The molecule has 172 valence electrons. The first-order valence-corrected chi connectivity index (χ1v) is 12.4. The molecule has 4 aliphatic rings. The van der Waals surface area contributed by atoms with Crippen LogP contribution in [0.3, 0.4) is 0 Å². The molecule has 4 aliphatic carbocycles. The van der Waals surface area contributed by atoms with Gasteiger partial charge in [0.25, 0.3) is 0 Å². The summed E-state index contributed by atoms with van der Waals surface area (Å²) in [5.41, 5.74) is 3.37. The second-order valence-electron chi connectivity index (χ2n) is 11.3. The largest absolute Gasteiger partial charge is 0.493 e. The monoisotopic (exact) mass is 473 g/mol. The zero-order valence-corrected chi connectivity index (χ0v) is 20.8. The summed E-state index contributed by atoms with van der Waals surface area (Å²) in [4.78, 5) is 0. The highest BCUT2D eigenvalue weighted by Gasteiger charge is 2.59. The molecule has 0 heterocycles. The van der Waals surface area contributed by atoms with E-state index in [9.17, 15) is 0 Å². The molecule has 2 unspecified atom stereocenters. The maximum atomic E-state index is 6.65. The van der Waals surface area contributed by atoms with Crippen molar-refractivity contribution in [2.24, 2.45) is 16.7 Å². The number of rotatable bonds is 7. The zero-order valence-electron chi connectivity index (χ0n) is 19.3. The van der Waals surface area contributed by atoms with E-state index in [1.807, 2.05) is 30.3 Å². The lowest BCUT2D eigenvalue weighted by Crippen LogP contribution is -2.63. The Balaban J connectivity index is 1.30. The van der Waals surface area contributed by atoms with Gasteiger partial charge >= 0.3 is 0 Å². The lowest BCUT2D eigenvalue weighted by atomic mass is 9.43. The van der Waals surface area contributed by atoms with Gasteiger partial charge in [-0.15, -0.1) is 0 Å². The Kier molecular flexibility index (Phi) is 5.67. The van der Waals surface area contributed by atoms with Crippen molar-refractivity contribution in [2.75, 3.05) is 7.11 Å². The molecule has 0 saturated heterocycles. The van der Waals surface area contributed by atoms with Crippen LogP contribution in [0, 0.1) is 16.7 Å². The van der Waals surface area contributed by atoms with Crippen molar-refractivity contribution in [1.82, 2.24) is 5.32 Å². The number of benzene rings is 2. The molecule has 2 aromatic rings. The highest BCUT2D eigenvalue weighted by Crippen LogP contribution is 2.66. The number of hydrogen-bond donors (Lipinski definition) is 1. The smallest absolute Gasteiger partial charge is 0.180 e. The summed E-state index contributed by atoms with van der Waals surface area (Å²) in [7, 11) is 1.66. The molecular weight excluding hydrogens is 441 g/mol. The summed E-state index contributed by atoms with van der Waals surface area (Å²) >= 11 is 12.7. The molecule has 4 atom stereocenters. The van der Waals surface area contributed by atoms with Gasteiger partial charge in [-0.2, -0.15) is 0 Å². The fourth-order valence-electron chi connectivity index (χ4n) is 7.73. The molecule has 2 aromatic carbocycles. The zero-order chi connectivity index (χ0) is 22.6. The fourth-order valence-corrected chi connectivity index (χ4v) is 8.23. The van der Waals surface area contributed by atoms with E-state index in [0.29, 0.717) is 39.0 Å². The topological polar surface area (TPSA) is 30.5 Å². The molecule has 4 saturated carbocycles. The molecule has 5 heteroatoms. The van der Waals surface area contributed by atoms with Crippen molar-refractivity contribution < 1.29 is 9.47 Å². The summed E-state index contributed by atoms with van der Waals surface area (Å²) in [5, 5.41) is 5.26. The normalized spacial score (nSPS) is 32.8. The summed E-state index contributed by atoms with van der Waals surface area (Å²) in [6, 6.07) is 11.7. The van der Waals surface area contributed by atoms with E-state index in [1.165, 1.54) is 38.5 Å². The number of methoxy groups -OCH3 is 1. The first kappa shape index (κ1) is 22.4. The van der Waals surface area contributed by atoms with Gasteiger partial charge in [0.05, 0.1) is 12.1 Å². The van der Waals surface area contributed by atoms with Crippen molar-refractivity contribution in [3.05, 3.63) is 57.6 Å². The average molecular weight is 474 g/mol. The lowest BCUT2D eigenvalue weighted by molar-refractivity contribution is -0.118. The van der Waals surface area contributed by atoms with Crippen LogP contribution in [0.15, 0.2) is 36.4 Å². The van der Waals surface area contributed by atoms with Gasteiger partial charge in [-0.25, -0.2) is 0 Å². The van der Waals surface area contributed by atoms with E-state index < -0.39 is 0 Å². The van der Waals surface area contributed by atoms with Crippen molar-refractivity contribution in [2.45, 2.75) is 71.1 Å². The predicted molar refractivity (Wildman–Crippen MR) is 131 cm³/mol. The van der Waals surface area contributed by atoms with Crippen LogP contribution in [0.5, 0.6) is 11.5 Å². The van der Waals surface area contributed by atoms with Gasteiger partial charge in [-0.3, -0.25) is 0 Å². The molecule has 3 nitrogen and oxygen atoms in total. The Morgan fingerprint density at radius 2 is 1.72 bits per heavy atom. The Hall–Kier alpha value is -1.42. The first-order valence-electron chi connectivity index (χ1n) is 11.7. The molecule has 6 rings (SSSR count). The van der Waals surface area contributed by atoms with Crippen LogP contribution in [0.2, 0.25) is 10.0 Å². The highest BCUT2D eigenvalue weighted by molar-refractivity contribution is 6.32. The molecule has 0 amide bonds. The third kappa shape index (κ3) is 4.36. The standard InChI is InChI=1S/C27H33Cl2NO2/c1-25-10-20-11-26(2,15-25)17-27(12-20,16-25)30-13-19-8-22(29)24(23(9-19)31-3)32-14-18-5-4-6-21(28)7-18/h4-9,20,30H,10-17H2,1-3H3/t20?,25-,26+,27?. The van der Waals surface area contributed by atoms with E-state index in [2.05, 4.69) is 25.2 Å². The number of nitrogens with one attached hydrogen (secondary N) is 1. The number of hydrogen-bond acceptors (Lipinski definition) is 3. The van der Waals surface area contributed by atoms with Gasteiger partial charge in [0.1, 0.15) is 6.61 Å². The van der Waals surface area contributed by atoms with Crippen LogP contribution in [0.1, 0.15) is 63.5 Å². The minimum Gasteiger partial charge on any atom is -0.493 e. The number of halogens is 2. The maximum Gasteiger partial charge on any atom is 0.180 e. The van der Waals surface area contributed by atoms with Crippen LogP contribution in [-0.2, 0) is 13.2 Å². The minimum atomic E-state index is 0.254.